The first-order valence-corrected chi connectivity index (χ1v) is 8.85. The Kier molecular flexibility index (Phi) is 3.95. The number of phenolic OH excluding ortho intramolecular Hbond substituents is 1. The van der Waals surface area contributed by atoms with Gasteiger partial charge in [-0.3, -0.25) is 0 Å². The van der Waals surface area contributed by atoms with Crippen molar-refractivity contribution in [2.75, 3.05) is 12.1 Å². The van der Waals surface area contributed by atoms with Crippen molar-refractivity contribution in [3.63, 3.8) is 0 Å². The summed E-state index contributed by atoms with van der Waals surface area (Å²) in [5, 5.41) is 13.7. The number of rotatable bonds is 1. The Hall–Kier alpha value is -1.75. The maximum Gasteiger partial charge on any atom is 0.148 e. The standard InChI is InChI=1S/C20H22ClNO3/c1-20(2,3)11-4-7-16-14(8-11)18-19(25-10-24-18)17(22-16)13-6-5-12(23)9-15(13)21/h4-9,17-19,22-23H,10H2,1-3H3. The Balaban J connectivity index is 1.77. The van der Waals surface area contributed by atoms with Gasteiger partial charge in [0.15, 0.2) is 0 Å². The maximum atomic E-state index is 9.63. The number of nitrogens with one attached hydrogen (secondary N) is 1. The Bertz CT molecular complexity index is 815. The molecule has 2 heterocycles. The van der Waals surface area contributed by atoms with E-state index in [-0.39, 0.29) is 36.2 Å². The molecule has 0 spiro atoms. The maximum absolute atomic E-state index is 9.63. The number of fused-ring (bicyclic) bond motifs is 3. The van der Waals surface area contributed by atoms with E-state index in [1.807, 2.05) is 6.07 Å². The van der Waals surface area contributed by atoms with Crippen LogP contribution in [0, 0.1) is 0 Å². The molecule has 25 heavy (non-hydrogen) atoms. The molecule has 4 nitrogen and oxygen atoms in total. The molecule has 3 unspecified atom stereocenters. The molecule has 132 valence electrons. The van der Waals surface area contributed by atoms with E-state index in [1.54, 1.807) is 12.1 Å². The van der Waals surface area contributed by atoms with Crippen LogP contribution < -0.4 is 5.32 Å². The van der Waals surface area contributed by atoms with Crippen LogP contribution in [0.1, 0.15) is 49.6 Å². The highest BCUT2D eigenvalue weighted by molar-refractivity contribution is 6.31. The van der Waals surface area contributed by atoms with Crippen molar-refractivity contribution in [1.29, 1.82) is 0 Å². The quantitative estimate of drug-likeness (QED) is 0.758. The van der Waals surface area contributed by atoms with E-state index in [0.717, 1.165) is 16.8 Å². The smallest absolute Gasteiger partial charge is 0.148 e. The number of phenols is 1. The zero-order valence-electron chi connectivity index (χ0n) is 14.5. The van der Waals surface area contributed by atoms with Crippen LogP contribution in [0.15, 0.2) is 36.4 Å². The topological polar surface area (TPSA) is 50.7 Å². The van der Waals surface area contributed by atoms with Gasteiger partial charge in [-0.25, -0.2) is 0 Å². The highest BCUT2D eigenvalue weighted by Gasteiger charge is 2.43. The second-order valence-electron chi connectivity index (χ2n) is 7.72. The summed E-state index contributed by atoms with van der Waals surface area (Å²) >= 11 is 6.37. The lowest BCUT2D eigenvalue weighted by atomic mass is 9.82. The molecule has 2 N–H and O–H groups in total. The first-order valence-electron chi connectivity index (χ1n) is 8.47. The fourth-order valence-electron chi connectivity index (χ4n) is 3.58. The highest BCUT2D eigenvalue weighted by Crippen LogP contribution is 2.47. The normalized spacial score (nSPS) is 25.2. The molecular weight excluding hydrogens is 338 g/mol. The molecule has 2 aromatic carbocycles. The lowest BCUT2D eigenvalue weighted by molar-refractivity contribution is 0.0367. The van der Waals surface area contributed by atoms with Crippen LogP contribution in [-0.4, -0.2) is 18.0 Å². The van der Waals surface area contributed by atoms with Gasteiger partial charge in [0, 0.05) is 16.3 Å². The fraction of sp³-hybridized carbons (Fsp3) is 0.400. The molecule has 0 aliphatic carbocycles. The molecule has 4 rings (SSSR count). The molecule has 2 aliphatic heterocycles. The Morgan fingerprint density at radius 2 is 1.88 bits per heavy atom. The lowest BCUT2D eigenvalue weighted by Gasteiger charge is -2.36. The van der Waals surface area contributed by atoms with Gasteiger partial charge in [-0.1, -0.05) is 50.6 Å². The van der Waals surface area contributed by atoms with Crippen LogP contribution in [0.2, 0.25) is 5.02 Å². The number of ether oxygens (including phenoxy) is 2. The number of benzene rings is 2. The summed E-state index contributed by atoms with van der Waals surface area (Å²) in [5.41, 5.74) is 4.39. The molecule has 0 radical (unpaired) electrons. The number of halogens is 1. The van der Waals surface area contributed by atoms with Gasteiger partial charge in [0.25, 0.3) is 0 Å². The van der Waals surface area contributed by atoms with Crippen molar-refractivity contribution in [3.8, 4) is 5.75 Å². The van der Waals surface area contributed by atoms with E-state index in [9.17, 15) is 5.11 Å². The minimum Gasteiger partial charge on any atom is -0.508 e. The van der Waals surface area contributed by atoms with Crippen molar-refractivity contribution >= 4 is 17.3 Å². The molecule has 1 fully saturated rings. The van der Waals surface area contributed by atoms with Crippen molar-refractivity contribution in [3.05, 3.63) is 58.1 Å². The van der Waals surface area contributed by atoms with Crippen molar-refractivity contribution in [2.24, 2.45) is 0 Å². The van der Waals surface area contributed by atoms with Crippen molar-refractivity contribution in [2.45, 2.75) is 44.4 Å². The summed E-state index contributed by atoms with van der Waals surface area (Å²) in [7, 11) is 0. The van der Waals surface area contributed by atoms with Gasteiger partial charge in [0.05, 0.1) is 6.04 Å². The molecule has 5 heteroatoms. The summed E-state index contributed by atoms with van der Waals surface area (Å²) in [5.74, 6) is 0.153. The third kappa shape index (κ3) is 2.88. The zero-order chi connectivity index (χ0) is 17.8. The fourth-order valence-corrected chi connectivity index (χ4v) is 3.87. The number of aromatic hydroxyl groups is 1. The molecule has 1 saturated heterocycles. The van der Waals surface area contributed by atoms with Crippen LogP contribution >= 0.6 is 11.6 Å². The van der Waals surface area contributed by atoms with E-state index in [0.29, 0.717) is 5.02 Å². The second kappa shape index (κ2) is 5.90. The van der Waals surface area contributed by atoms with Gasteiger partial charge in [0.2, 0.25) is 0 Å². The molecule has 0 amide bonds. The largest absolute Gasteiger partial charge is 0.508 e. The number of hydrogen-bond donors (Lipinski definition) is 2. The highest BCUT2D eigenvalue weighted by atomic mass is 35.5. The van der Waals surface area contributed by atoms with E-state index >= 15 is 0 Å². The Morgan fingerprint density at radius 3 is 2.60 bits per heavy atom. The molecule has 0 bridgehead atoms. The van der Waals surface area contributed by atoms with Crippen molar-refractivity contribution in [1.82, 2.24) is 0 Å². The third-order valence-electron chi connectivity index (χ3n) is 4.99. The second-order valence-corrected chi connectivity index (χ2v) is 8.12. The average molecular weight is 360 g/mol. The molecule has 0 aromatic heterocycles. The van der Waals surface area contributed by atoms with Crippen LogP contribution in [-0.2, 0) is 14.9 Å². The van der Waals surface area contributed by atoms with E-state index in [4.69, 9.17) is 21.1 Å². The lowest BCUT2D eigenvalue weighted by Crippen LogP contribution is -2.35. The van der Waals surface area contributed by atoms with Gasteiger partial charge in [0.1, 0.15) is 24.8 Å². The predicted molar refractivity (Wildman–Crippen MR) is 98.2 cm³/mol. The summed E-state index contributed by atoms with van der Waals surface area (Å²) in [6.45, 7) is 6.87. The number of anilines is 1. The van der Waals surface area contributed by atoms with E-state index in [2.05, 4.69) is 44.3 Å². The van der Waals surface area contributed by atoms with Gasteiger partial charge < -0.3 is 19.9 Å². The molecule has 2 aliphatic rings. The van der Waals surface area contributed by atoms with Crippen molar-refractivity contribution < 1.29 is 14.6 Å². The molecule has 0 saturated carbocycles. The molecule has 2 aromatic rings. The number of hydrogen-bond acceptors (Lipinski definition) is 4. The summed E-state index contributed by atoms with van der Waals surface area (Å²) in [6, 6.07) is 11.4. The first kappa shape index (κ1) is 16.7. The third-order valence-corrected chi connectivity index (χ3v) is 5.32. The summed E-state index contributed by atoms with van der Waals surface area (Å²) < 4.78 is 11.8. The predicted octanol–water partition coefficient (Wildman–Crippen LogP) is 4.92. The van der Waals surface area contributed by atoms with Crippen LogP contribution in [0.3, 0.4) is 0 Å². The van der Waals surface area contributed by atoms with E-state index < -0.39 is 0 Å². The van der Waals surface area contributed by atoms with Gasteiger partial charge in [-0.2, -0.15) is 0 Å². The van der Waals surface area contributed by atoms with E-state index in [1.165, 1.54) is 5.56 Å². The Labute approximate surface area is 152 Å². The first-order chi connectivity index (χ1) is 11.8. The van der Waals surface area contributed by atoms with Crippen LogP contribution in [0.25, 0.3) is 0 Å². The minimum atomic E-state index is -0.162. The molecule has 3 atom stereocenters. The molecular formula is C20H22ClNO3. The monoisotopic (exact) mass is 359 g/mol. The van der Waals surface area contributed by atoms with Gasteiger partial charge in [-0.15, -0.1) is 0 Å². The Morgan fingerprint density at radius 1 is 1.08 bits per heavy atom. The average Bonchev–Trinajstić information content (AvgIpc) is 3.03. The summed E-state index contributed by atoms with van der Waals surface area (Å²) in [4.78, 5) is 0. The van der Waals surface area contributed by atoms with Crippen LogP contribution in [0.5, 0.6) is 5.75 Å². The van der Waals surface area contributed by atoms with Gasteiger partial charge in [-0.05, 0) is 34.7 Å². The summed E-state index contributed by atoms with van der Waals surface area (Å²) in [6.07, 6.45) is -0.293. The minimum absolute atomic E-state index is 0.0705. The van der Waals surface area contributed by atoms with Crippen LogP contribution in [0.4, 0.5) is 5.69 Å². The SMILES string of the molecule is CC(C)(C)c1ccc2c(c1)C1OCOC1C(c1ccc(O)cc1Cl)N2. The zero-order valence-corrected chi connectivity index (χ0v) is 15.3. The van der Waals surface area contributed by atoms with Gasteiger partial charge >= 0.3 is 0 Å².